The molecule has 2 aromatic rings. The van der Waals surface area contributed by atoms with Gasteiger partial charge in [-0.25, -0.2) is 14.6 Å². The van der Waals surface area contributed by atoms with Crippen LogP contribution in [0.15, 0.2) is 30.5 Å². The molecule has 12 heteroatoms. The van der Waals surface area contributed by atoms with Gasteiger partial charge in [0.2, 0.25) is 5.95 Å². The molecule has 1 saturated heterocycles. The molecule has 2 amide bonds. The second kappa shape index (κ2) is 14.8. The molecule has 1 N–H and O–H groups in total. The van der Waals surface area contributed by atoms with Gasteiger partial charge in [0, 0.05) is 61.2 Å². The Bertz CT molecular complexity index is 1220. The SMILES string of the molecule is CCN(CC)c1ncc(N(C(=O)I)C(C)C)c(N[C@@H](Cc2ccc(OC(=O)N3CCCC3)cc2)C(=O)OC(C)(C)C)n1. The number of hydrogen-bond donors (Lipinski definition) is 1. The van der Waals surface area contributed by atoms with Crippen LogP contribution in [0.25, 0.3) is 0 Å². The summed E-state index contributed by atoms with van der Waals surface area (Å²) >= 11 is 1.75. The molecule has 42 heavy (non-hydrogen) atoms. The van der Waals surface area contributed by atoms with Crippen LogP contribution >= 0.6 is 22.6 Å². The molecule has 1 aliphatic heterocycles. The first kappa shape index (κ1) is 33.3. The van der Waals surface area contributed by atoms with Crippen molar-refractivity contribution in [3.05, 3.63) is 36.0 Å². The van der Waals surface area contributed by atoms with Gasteiger partial charge in [0.1, 0.15) is 23.1 Å². The number of esters is 1. The lowest BCUT2D eigenvalue weighted by molar-refractivity contribution is -0.155. The van der Waals surface area contributed by atoms with E-state index >= 15 is 0 Å². The van der Waals surface area contributed by atoms with Gasteiger partial charge in [0.25, 0.3) is 3.91 Å². The number of rotatable bonds is 11. The number of anilines is 3. The van der Waals surface area contributed by atoms with E-state index < -0.39 is 17.6 Å². The van der Waals surface area contributed by atoms with Gasteiger partial charge in [-0.05, 0) is 79.0 Å². The quantitative estimate of drug-likeness (QED) is 0.130. The highest BCUT2D eigenvalue weighted by atomic mass is 127. The Kier molecular flexibility index (Phi) is 11.8. The number of halogens is 1. The molecule has 0 saturated carbocycles. The van der Waals surface area contributed by atoms with Crippen molar-refractivity contribution in [1.29, 1.82) is 0 Å². The number of nitrogens with one attached hydrogen (secondary N) is 1. The number of ether oxygens (including phenoxy) is 2. The molecule has 1 fully saturated rings. The molecule has 1 atom stereocenters. The van der Waals surface area contributed by atoms with E-state index in [1.807, 2.05) is 65.5 Å². The third-order valence-electron chi connectivity index (χ3n) is 6.70. The number of hydrogen-bond acceptors (Lipinski definition) is 9. The van der Waals surface area contributed by atoms with Crippen molar-refractivity contribution in [2.24, 2.45) is 0 Å². The lowest BCUT2D eigenvalue weighted by Gasteiger charge is -2.30. The Morgan fingerprint density at radius 1 is 1.07 bits per heavy atom. The number of carbonyl (C=O) groups excluding carboxylic acids is 3. The molecule has 1 aromatic carbocycles. The van der Waals surface area contributed by atoms with Gasteiger partial charge in [-0.15, -0.1) is 0 Å². The molecule has 3 rings (SSSR count). The fourth-order valence-electron chi connectivity index (χ4n) is 4.61. The van der Waals surface area contributed by atoms with Gasteiger partial charge in [0.05, 0.1) is 6.20 Å². The van der Waals surface area contributed by atoms with Gasteiger partial charge in [-0.3, -0.25) is 9.69 Å². The lowest BCUT2D eigenvalue weighted by atomic mass is 10.0. The van der Waals surface area contributed by atoms with E-state index in [1.54, 1.807) is 50.7 Å². The lowest BCUT2D eigenvalue weighted by Crippen LogP contribution is -2.40. The van der Waals surface area contributed by atoms with Crippen LogP contribution in [-0.2, 0) is 16.0 Å². The second-order valence-corrected chi connectivity index (χ2v) is 12.4. The number of nitrogens with zero attached hydrogens (tertiary/aromatic N) is 5. The fraction of sp³-hybridized carbons (Fsp3) is 0.567. The molecule has 0 unspecified atom stereocenters. The zero-order valence-electron chi connectivity index (χ0n) is 25.6. The monoisotopic (exact) mass is 694 g/mol. The highest BCUT2D eigenvalue weighted by molar-refractivity contribution is 14.1. The van der Waals surface area contributed by atoms with Crippen LogP contribution in [-0.4, -0.2) is 74.7 Å². The van der Waals surface area contributed by atoms with Gasteiger partial charge in [-0.1, -0.05) is 12.1 Å². The summed E-state index contributed by atoms with van der Waals surface area (Å²) in [5, 5.41) is 3.29. The summed E-state index contributed by atoms with van der Waals surface area (Å²) in [4.78, 5) is 53.2. The van der Waals surface area contributed by atoms with E-state index in [0.29, 0.717) is 49.4 Å². The molecule has 230 valence electrons. The number of carbonyl (C=O) groups is 3. The van der Waals surface area contributed by atoms with Crippen LogP contribution in [0.3, 0.4) is 0 Å². The van der Waals surface area contributed by atoms with Crippen molar-refractivity contribution in [3.8, 4) is 5.75 Å². The van der Waals surface area contributed by atoms with Crippen molar-refractivity contribution in [1.82, 2.24) is 14.9 Å². The summed E-state index contributed by atoms with van der Waals surface area (Å²) in [6.07, 6.45) is 3.50. The molecular weight excluding hydrogens is 651 g/mol. The van der Waals surface area contributed by atoms with E-state index in [2.05, 4.69) is 10.3 Å². The molecule has 1 aliphatic rings. The van der Waals surface area contributed by atoms with Crippen molar-refractivity contribution in [2.45, 2.75) is 85.4 Å². The first-order valence-electron chi connectivity index (χ1n) is 14.5. The number of aromatic nitrogens is 2. The van der Waals surface area contributed by atoms with Crippen LogP contribution in [0.1, 0.15) is 66.9 Å². The number of likely N-dealkylation sites (tertiary alicyclic amines) is 1. The Morgan fingerprint density at radius 3 is 2.21 bits per heavy atom. The molecule has 2 heterocycles. The minimum absolute atomic E-state index is 0.173. The smallest absolute Gasteiger partial charge is 0.415 e. The highest BCUT2D eigenvalue weighted by Gasteiger charge is 2.30. The number of benzene rings is 1. The summed E-state index contributed by atoms with van der Waals surface area (Å²) in [5.74, 6) is 0.825. The Morgan fingerprint density at radius 2 is 1.69 bits per heavy atom. The normalized spacial score (nSPS) is 14.0. The van der Waals surface area contributed by atoms with E-state index in [4.69, 9.17) is 14.5 Å². The Hall–Kier alpha value is -3.16. The summed E-state index contributed by atoms with van der Waals surface area (Å²) in [6, 6.07) is 6.08. The van der Waals surface area contributed by atoms with Gasteiger partial charge >= 0.3 is 12.1 Å². The van der Waals surface area contributed by atoms with Crippen molar-refractivity contribution < 1.29 is 23.9 Å². The summed E-state index contributed by atoms with van der Waals surface area (Å²) in [6.45, 7) is 16.1. The molecular formula is C30H43IN6O5. The maximum atomic E-state index is 13.5. The predicted molar refractivity (Wildman–Crippen MR) is 173 cm³/mol. The van der Waals surface area contributed by atoms with Crippen molar-refractivity contribution >= 4 is 56.0 Å². The van der Waals surface area contributed by atoms with Crippen LogP contribution in [0.5, 0.6) is 5.75 Å². The van der Waals surface area contributed by atoms with E-state index in [1.165, 1.54) is 0 Å². The predicted octanol–water partition coefficient (Wildman–Crippen LogP) is 6.05. The minimum atomic E-state index is -0.834. The number of amides is 2. The summed E-state index contributed by atoms with van der Waals surface area (Å²) < 4.78 is 11.1. The molecule has 0 bridgehead atoms. The topological polar surface area (TPSA) is 117 Å². The van der Waals surface area contributed by atoms with Crippen LogP contribution in [0.4, 0.5) is 27.0 Å². The van der Waals surface area contributed by atoms with Gasteiger partial charge in [-0.2, -0.15) is 4.98 Å². The first-order valence-corrected chi connectivity index (χ1v) is 15.6. The van der Waals surface area contributed by atoms with Gasteiger partial charge in [0.15, 0.2) is 5.82 Å². The third-order valence-corrected chi connectivity index (χ3v) is 7.22. The zero-order valence-corrected chi connectivity index (χ0v) is 27.8. The second-order valence-electron chi connectivity index (χ2n) is 11.4. The van der Waals surface area contributed by atoms with Crippen LogP contribution < -0.4 is 19.9 Å². The van der Waals surface area contributed by atoms with E-state index in [-0.39, 0.29) is 22.5 Å². The van der Waals surface area contributed by atoms with Crippen molar-refractivity contribution in [2.75, 3.05) is 41.3 Å². The maximum Gasteiger partial charge on any atom is 0.415 e. The Balaban J connectivity index is 1.94. The average molecular weight is 695 g/mol. The molecule has 0 spiro atoms. The van der Waals surface area contributed by atoms with Gasteiger partial charge < -0.3 is 24.6 Å². The fourth-order valence-corrected chi connectivity index (χ4v) is 5.43. The minimum Gasteiger partial charge on any atom is -0.458 e. The van der Waals surface area contributed by atoms with E-state index in [0.717, 1.165) is 18.4 Å². The largest absolute Gasteiger partial charge is 0.458 e. The maximum absolute atomic E-state index is 13.5. The summed E-state index contributed by atoms with van der Waals surface area (Å²) in [5.41, 5.74) is 0.579. The molecule has 11 nitrogen and oxygen atoms in total. The molecule has 0 aliphatic carbocycles. The van der Waals surface area contributed by atoms with Crippen LogP contribution in [0, 0.1) is 0 Å². The third kappa shape index (κ3) is 9.17. The standard InChI is InChI=1S/C30H43IN6O5/c1-8-35(9-2)28-32-19-24(37(20(3)4)27(31)39)25(34-28)33-23(26(38)42-30(5,6)7)18-21-12-14-22(15-13-21)41-29(40)36-16-10-11-17-36/h12-15,19-20,23H,8-11,16-18H2,1-7H3,(H,32,33,34)/t23-/m0/s1. The average Bonchev–Trinajstić information content (AvgIpc) is 3.45. The zero-order chi connectivity index (χ0) is 31.0. The highest BCUT2D eigenvalue weighted by Crippen LogP contribution is 2.30. The first-order chi connectivity index (χ1) is 19.8. The Labute approximate surface area is 262 Å². The summed E-state index contributed by atoms with van der Waals surface area (Å²) in [7, 11) is 0. The van der Waals surface area contributed by atoms with E-state index in [9.17, 15) is 14.4 Å². The molecule has 0 radical (unpaired) electrons. The van der Waals surface area contributed by atoms with Crippen LogP contribution in [0.2, 0.25) is 0 Å². The molecule has 1 aromatic heterocycles. The van der Waals surface area contributed by atoms with Crippen molar-refractivity contribution in [3.63, 3.8) is 0 Å².